The first kappa shape index (κ1) is 40.4. The van der Waals surface area contributed by atoms with Crippen LogP contribution in [0.3, 0.4) is 0 Å². The van der Waals surface area contributed by atoms with Crippen LogP contribution >= 0.6 is 0 Å². The molecular weight excluding hydrogens is 825 g/mol. The van der Waals surface area contributed by atoms with E-state index in [2.05, 4.69) is 246 Å². The summed E-state index contributed by atoms with van der Waals surface area (Å²) in [6.07, 6.45) is 0. The van der Waals surface area contributed by atoms with Gasteiger partial charge in [0.2, 0.25) is 0 Å². The van der Waals surface area contributed by atoms with Crippen LogP contribution in [0.15, 0.2) is 206 Å². The average Bonchev–Trinajstić information content (AvgIpc) is 3.33. The number of rotatable bonds is 6. The number of hydrogen-bond donors (Lipinski definition) is 0. The van der Waals surface area contributed by atoms with Crippen molar-refractivity contribution in [1.29, 1.82) is 0 Å². The molecule has 0 nitrogen and oxygen atoms in total. The van der Waals surface area contributed by atoms with E-state index in [0.717, 1.165) is 0 Å². The molecule has 0 aliphatic carbocycles. The highest BCUT2D eigenvalue weighted by atomic mass is 28.3. The molecular formula is C64H52Si2. The Morgan fingerprint density at radius 1 is 0.212 bits per heavy atom. The molecule has 0 aliphatic heterocycles. The predicted molar refractivity (Wildman–Crippen MR) is 297 cm³/mol. The van der Waals surface area contributed by atoms with E-state index in [-0.39, 0.29) is 0 Å². The standard InChI is InChI=1S/C64H52Si2/c1-65(2,3)59-39-43-23-9-7-21-41(43)37-57(59)63-51-31-17-13-27-47(51)61(48-28-14-18-32-52(48)63)55-35-36-56(46-26-12-11-25-45(46)55)62-49-29-15-19-33-53(49)64(54-34-20-16-30-50(54)62)58-38-42-22-8-10-24-44(42)40-60(58)66(4,5)6/h7-40H,1-6H3. The SMILES string of the molecule is C[Si](C)(C)c1cc2ccccc2cc1-c1c2ccccc2c(-c2ccc(-c3c4ccccc4c(-c4cc5ccccc5cc4[Si](C)(C)C)c4ccccc34)c3ccccc23)c2ccccc12. The van der Waals surface area contributed by atoms with E-state index < -0.39 is 16.1 Å². The third-order valence-corrected chi connectivity index (χ3v) is 18.3. The summed E-state index contributed by atoms with van der Waals surface area (Å²) >= 11 is 0. The minimum atomic E-state index is -1.79. The van der Waals surface area contributed by atoms with Gasteiger partial charge in [0.1, 0.15) is 0 Å². The van der Waals surface area contributed by atoms with E-state index in [4.69, 9.17) is 0 Å². The maximum atomic E-state index is 2.49. The van der Waals surface area contributed by atoms with Crippen LogP contribution in [0, 0.1) is 0 Å². The van der Waals surface area contributed by atoms with Crippen LogP contribution in [0.2, 0.25) is 39.3 Å². The largest absolute Gasteiger partial charge is 0.0784 e. The minimum Gasteiger partial charge on any atom is -0.0656 e. The van der Waals surface area contributed by atoms with Crippen LogP contribution in [0.1, 0.15) is 0 Å². The first-order valence-corrected chi connectivity index (χ1v) is 30.5. The zero-order valence-electron chi connectivity index (χ0n) is 38.6. The van der Waals surface area contributed by atoms with Crippen molar-refractivity contribution in [2.75, 3.05) is 0 Å². The molecule has 0 bridgehead atoms. The molecule has 316 valence electrons. The van der Waals surface area contributed by atoms with Gasteiger partial charge in [-0.2, -0.15) is 0 Å². The van der Waals surface area contributed by atoms with Crippen LogP contribution in [-0.4, -0.2) is 16.1 Å². The van der Waals surface area contributed by atoms with Gasteiger partial charge < -0.3 is 0 Å². The van der Waals surface area contributed by atoms with Gasteiger partial charge in [-0.1, -0.05) is 244 Å². The van der Waals surface area contributed by atoms with Crippen molar-refractivity contribution in [3.8, 4) is 44.5 Å². The van der Waals surface area contributed by atoms with Crippen molar-refractivity contribution in [3.05, 3.63) is 206 Å². The van der Waals surface area contributed by atoms with Gasteiger partial charge in [-0.05, 0) is 132 Å². The lowest BCUT2D eigenvalue weighted by Crippen LogP contribution is -2.39. The fourth-order valence-corrected chi connectivity index (χ4v) is 14.5. The second kappa shape index (κ2) is 15.2. The quantitative estimate of drug-likeness (QED) is 0.115. The monoisotopic (exact) mass is 876 g/mol. The highest BCUT2D eigenvalue weighted by Crippen LogP contribution is 2.50. The fourth-order valence-electron chi connectivity index (χ4n) is 11.3. The van der Waals surface area contributed by atoms with Crippen LogP contribution in [-0.2, 0) is 0 Å². The van der Waals surface area contributed by atoms with Gasteiger partial charge in [0.25, 0.3) is 0 Å². The zero-order chi connectivity index (χ0) is 44.9. The summed E-state index contributed by atoms with van der Waals surface area (Å²) in [5.74, 6) is 0. The summed E-state index contributed by atoms with van der Waals surface area (Å²) < 4.78 is 0. The predicted octanol–water partition coefficient (Wildman–Crippen LogP) is 17.5. The summed E-state index contributed by atoms with van der Waals surface area (Å²) in [7, 11) is -3.58. The maximum absolute atomic E-state index is 2.49. The second-order valence-corrected chi connectivity index (χ2v) is 30.5. The normalized spacial score (nSPS) is 12.4. The van der Waals surface area contributed by atoms with Gasteiger partial charge in [-0.15, -0.1) is 0 Å². The molecule has 0 aliphatic rings. The van der Waals surface area contributed by atoms with Gasteiger partial charge >= 0.3 is 0 Å². The molecule has 0 aromatic heterocycles. The first-order valence-electron chi connectivity index (χ1n) is 23.5. The Balaban J connectivity index is 1.15. The lowest BCUT2D eigenvalue weighted by molar-refractivity contribution is 1.66. The van der Waals surface area contributed by atoms with Crippen molar-refractivity contribution in [2.24, 2.45) is 0 Å². The van der Waals surface area contributed by atoms with Crippen molar-refractivity contribution in [3.63, 3.8) is 0 Å². The Hall–Kier alpha value is -7.11. The summed E-state index contributed by atoms with van der Waals surface area (Å²) in [5.41, 5.74) is 10.5. The minimum absolute atomic E-state index is 1.26. The second-order valence-electron chi connectivity index (χ2n) is 20.4. The smallest absolute Gasteiger partial charge is 0.0656 e. The third-order valence-electron chi connectivity index (χ3n) is 14.3. The topological polar surface area (TPSA) is 0 Å². The Labute approximate surface area is 389 Å². The average molecular weight is 877 g/mol. The van der Waals surface area contributed by atoms with Crippen LogP contribution in [0.25, 0.3) is 120 Å². The van der Waals surface area contributed by atoms with Crippen LogP contribution in [0.5, 0.6) is 0 Å². The van der Waals surface area contributed by atoms with E-state index >= 15 is 0 Å². The molecule has 0 spiro atoms. The zero-order valence-corrected chi connectivity index (χ0v) is 40.6. The van der Waals surface area contributed by atoms with Crippen LogP contribution in [0.4, 0.5) is 0 Å². The molecule has 0 atom stereocenters. The van der Waals surface area contributed by atoms with E-state index in [9.17, 15) is 0 Å². The molecule has 0 unspecified atom stereocenters. The molecule has 12 aromatic rings. The molecule has 12 rings (SSSR count). The van der Waals surface area contributed by atoms with E-state index in [1.54, 1.807) is 0 Å². The Morgan fingerprint density at radius 3 is 0.682 bits per heavy atom. The molecule has 0 saturated heterocycles. The third kappa shape index (κ3) is 6.38. The van der Waals surface area contributed by atoms with Crippen molar-refractivity contribution in [1.82, 2.24) is 0 Å². The van der Waals surface area contributed by atoms with Gasteiger partial charge in [0.15, 0.2) is 0 Å². The highest BCUT2D eigenvalue weighted by Gasteiger charge is 2.28. The highest BCUT2D eigenvalue weighted by molar-refractivity contribution is 6.90. The summed E-state index contributed by atoms with van der Waals surface area (Å²) in [5, 5.41) is 21.1. The Morgan fingerprint density at radius 2 is 0.424 bits per heavy atom. The Bertz CT molecular complexity index is 3580. The number of fused-ring (bicyclic) bond motifs is 7. The van der Waals surface area contributed by atoms with Crippen molar-refractivity contribution < 1.29 is 0 Å². The molecule has 0 fully saturated rings. The summed E-state index contributed by atoms with van der Waals surface area (Å²) in [6, 6.07) is 78.4. The molecule has 0 saturated carbocycles. The van der Waals surface area contributed by atoms with Gasteiger partial charge in [0.05, 0.1) is 16.1 Å². The Kier molecular flexibility index (Phi) is 9.33. The molecule has 12 aromatic carbocycles. The fraction of sp³-hybridized carbons (Fsp3) is 0.0938. The van der Waals surface area contributed by atoms with Crippen molar-refractivity contribution in [2.45, 2.75) is 39.3 Å². The van der Waals surface area contributed by atoms with E-state index in [1.807, 2.05) is 0 Å². The summed E-state index contributed by atoms with van der Waals surface area (Å²) in [6.45, 7) is 14.9. The molecule has 0 heterocycles. The van der Waals surface area contributed by atoms with E-state index in [0.29, 0.717) is 0 Å². The van der Waals surface area contributed by atoms with Gasteiger partial charge in [-0.25, -0.2) is 0 Å². The van der Waals surface area contributed by atoms with Gasteiger partial charge in [-0.3, -0.25) is 0 Å². The number of benzene rings is 12. The molecule has 2 heteroatoms. The number of hydrogen-bond acceptors (Lipinski definition) is 0. The van der Waals surface area contributed by atoms with Gasteiger partial charge in [0, 0.05) is 0 Å². The molecule has 0 N–H and O–H groups in total. The maximum Gasteiger partial charge on any atom is 0.0784 e. The first-order chi connectivity index (χ1) is 32.0. The molecule has 0 radical (unpaired) electrons. The lowest BCUT2D eigenvalue weighted by Gasteiger charge is -2.26. The molecule has 0 amide bonds. The van der Waals surface area contributed by atoms with Crippen LogP contribution < -0.4 is 10.4 Å². The van der Waals surface area contributed by atoms with E-state index in [1.165, 1.54) is 130 Å². The molecule has 66 heavy (non-hydrogen) atoms. The van der Waals surface area contributed by atoms with Crippen molar-refractivity contribution >= 4 is 102 Å². The lowest BCUT2D eigenvalue weighted by atomic mass is 9.81. The summed E-state index contributed by atoms with van der Waals surface area (Å²) in [4.78, 5) is 0.